The highest BCUT2D eigenvalue weighted by molar-refractivity contribution is 6.04. The van der Waals surface area contributed by atoms with E-state index in [0.29, 0.717) is 17.2 Å². The van der Waals surface area contributed by atoms with Crippen molar-refractivity contribution in [1.29, 1.82) is 0 Å². The van der Waals surface area contributed by atoms with Crippen molar-refractivity contribution in [2.24, 2.45) is 0 Å². The summed E-state index contributed by atoms with van der Waals surface area (Å²) in [6.45, 7) is 1.83. The minimum atomic E-state index is -0.451. The molecule has 0 aliphatic carbocycles. The predicted octanol–water partition coefficient (Wildman–Crippen LogP) is 3.49. The van der Waals surface area contributed by atoms with Crippen LogP contribution < -0.4 is 5.32 Å². The van der Waals surface area contributed by atoms with Gasteiger partial charge >= 0.3 is 0 Å². The van der Waals surface area contributed by atoms with Crippen LogP contribution >= 0.6 is 0 Å². The van der Waals surface area contributed by atoms with Crippen molar-refractivity contribution < 1.29 is 9.18 Å². The first kappa shape index (κ1) is 15.9. The second-order valence-corrected chi connectivity index (χ2v) is 5.78. The molecule has 0 radical (unpaired) electrons. The molecule has 2 heterocycles. The van der Waals surface area contributed by atoms with E-state index in [9.17, 15) is 9.18 Å². The van der Waals surface area contributed by atoms with Gasteiger partial charge in [-0.25, -0.2) is 4.39 Å². The first-order valence-electron chi connectivity index (χ1n) is 7.96. The van der Waals surface area contributed by atoms with E-state index in [-0.39, 0.29) is 11.5 Å². The van der Waals surface area contributed by atoms with Crippen LogP contribution in [0, 0.1) is 12.7 Å². The second kappa shape index (κ2) is 6.36. The number of carbonyl (C=O) groups excluding carboxylic acids is 1. The highest BCUT2D eigenvalue weighted by Gasteiger charge is 2.09. The Balaban J connectivity index is 1.63. The van der Waals surface area contributed by atoms with Gasteiger partial charge in [0, 0.05) is 16.8 Å². The summed E-state index contributed by atoms with van der Waals surface area (Å²) in [6, 6.07) is 16.5. The predicted molar refractivity (Wildman–Crippen MR) is 95.3 cm³/mol. The highest BCUT2D eigenvalue weighted by Crippen LogP contribution is 2.22. The van der Waals surface area contributed by atoms with Gasteiger partial charge in [-0.1, -0.05) is 18.2 Å². The van der Waals surface area contributed by atoms with Gasteiger partial charge in [-0.15, -0.1) is 10.2 Å². The maximum Gasteiger partial charge on any atom is 0.255 e. The lowest BCUT2D eigenvalue weighted by Crippen LogP contribution is -2.12. The van der Waals surface area contributed by atoms with E-state index in [1.54, 1.807) is 16.6 Å². The summed E-state index contributed by atoms with van der Waals surface area (Å²) in [5.41, 5.74) is 3.08. The number of fused-ring (bicyclic) bond motifs is 1. The zero-order valence-electron chi connectivity index (χ0n) is 13.8. The standard InChI is InChI=1S/C19H14FN5O/c1-12-22-23-18-9-8-17(24-25(12)18)13-4-3-7-16(11-13)21-19(26)14-5-2-6-15(20)10-14/h2-11H,1H3,(H,21,26). The number of aromatic nitrogens is 4. The maximum absolute atomic E-state index is 13.3. The lowest BCUT2D eigenvalue weighted by Gasteiger charge is -2.08. The zero-order valence-corrected chi connectivity index (χ0v) is 13.8. The van der Waals surface area contributed by atoms with E-state index in [1.165, 1.54) is 18.2 Å². The lowest BCUT2D eigenvalue weighted by molar-refractivity contribution is 0.102. The Morgan fingerprint density at radius 3 is 2.73 bits per heavy atom. The number of amides is 1. The Bertz CT molecular complexity index is 1120. The molecule has 6 nitrogen and oxygen atoms in total. The Hall–Kier alpha value is -3.61. The third-order valence-electron chi connectivity index (χ3n) is 3.92. The van der Waals surface area contributed by atoms with Gasteiger partial charge in [-0.3, -0.25) is 4.79 Å². The number of benzene rings is 2. The quantitative estimate of drug-likeness (QED) is 0.616. The van der Waals surface area contributed by atoms with E-state index in [2.05, 4.69) is 20.6 Å². The van der Waals surface area contributed by atoms with E-state index in [4.69, 9.17) is 0 Å². The van der Waals surface area contributed by atoms with Gasteiger partial charge in [-0.2, -0.15) is 9.61 Å². The molecule has 4 aromatic rings. The fourth-order valence-electron chi connectivity index (χ4n) is 2.64. The van der Waals surface area contributed by atoms with E-state index < -0.39 is 5.82 Å². The molecule has 0 saturated heterocycles. The molecular weight excluding hydrogens is 333 g/mol. The number of aryl methyl sites for hydroxylation is 1. The van der Waals surface area contributed by atoms with Crippen LogP contribution in [-0.2, 0) is 0 Å². The summed E-state index contributed by atoms with van der Waals surface area (Å²) in [5, 5.41) is 15.3. The first-order valence-corrected chi connectivity index (χ1v) is 7.96. The Kier molecular flexibility index (Phi) is 3.89. The monoisotopic (exact) mass is 347 g/mol. The number of nitrogens with zero attached hydrogens (tertiary/aromatic N) is 4. The molecule has 0 unspecified atom stereocenters. The van der Waals surface area contributed by atoms with Gasteiger partial charge in [0.25, 0.3) is 5.91 Å². The summed E-state index contributed by atoms with van der Waals surface area (Å²) in [6.07, 6.45) is 0. The van der Waals surface area contributed by atoms with Crippen molar-refractivity contribution in [2.75, 3.05) is 5.32 Å². The molecule has 0 atom stereocenters. The fraction of sp³-hybridized carbons (Fsp3) is 0.0526. The van der Waals surface area contributed by atoms with Crippen molar-refractivity contribution in [3.05, 3.63) is 77.9 Å². The van der Waals surface area contributed by atoms with E-state index in [0.717, 1.165) is 11.3 Å². The summed E-state index contributed by atoms with van der Waals surface area (Å²) < 4.78 is 14.9. The van der Waals surface area contributed by atoms with Crippen molar-refractivity contribution in [2.45, 2.75) is 6.92 Å². The first-order chi connectivity index (χ1) is 12.6. The molecule has 0 saturated carbocycles. The number of hydrogen-bond donors (Lipinski definition) is 1. The SMILES string of the molecule is Cc1nnc2ccc(-c3cccc(NC(=O)c4cccc(F)c4)c3)nn12. The molecule has 0 spiro atoms. The van der Waals surface area contributed by atoms with Crippen molar-refractivity contribution in [1.82, 2.24) is 19.8 Å². The van der Waals surface area contributed by atoms with E-state index in [1.807, 2.05) is 37.3 Å². The van der Waals surface area contributed by atoms with E-state index >= 15 is 0 Å². The number of rotatable bonds is 3. The Morgan fingerprint density at radius 2 is 1.88 bits per heavy atom. The number of halogens is 1. The van der Waals surface area contributed by atoms with Crippen molar-refractivity contribution >= 4 is 17.2 Å². The van der Waals surface area contributed by atoms with Gasteiger partial charge < -0.3 is 5.32 Å². The van der Waals surface area contributed by atoms with Gasteiger partial charge in [-0.05, 0) is 49.4 Å². The normalized spacial score (nSPS) is 10.8. The average Bonchev–Trinajstić information content (AvgIpc) is 3.02. The third kappa shape index (κ3) is 3.02. The fourth-order valence-corrected chi connectivity index (χ4v) is 2.64. The number of anilines is 1. The minimum absolute atomic E-state index is 0.259. The third-order valence-corrected chi connectivity index (χ3v) is 3.92. The van der Waals surface area contributed by atoms with Gasteiger partial charge in [0.05, 0.1) is 5.69 Å². The van der Waals surface area contributed by atoms with Gasteiger partial charge in [0.2, 0.25) is 0 Å². The molecule has 0 bridgehead atoms. The molecule has 0 aliphatic rings. The van der Waals surface area contributed by atoms with Crippen LogP contribution in [0.4, 0.5) is 10.1 Å². The summed E-state index contributed by atoms with van der Waals surface area (Å²) in [7, 11) is 0. The van der Waals surface area contributed by atoms with Gasteiger partial charge in [0.15, 0.2) is 11.5 Å². The van der Waals surface area contributed by atoms with Gasteiger partial charge in [0.1, 0.15) is 5.82 Å². The average molecular weight is 347 g/mol. The molecular formula is C19H14FN5O. The molecule has 1 N–H and O–H groups in total. The summed E-state index contributed by atoms with van der Waals surface area (Å²) in [5.74, 6) is -0.134. The number of nitrogens with one attached hydrogen (secondary N) is 1. The topological polar surface area (TPSA) is 72.2 Å². The number of hydrogen-bond acceptors (Lipinski definition) is 4. The van der Waals surface area contributed by atoms with Crippen LogP contribution in [0.1, 0.15) is 16.2 Å². The molecule has 0 aliphatic heterocycles. The minimum Gasteiger partial charge on any atom is -0.322 e. The van der Waals surface area contributed by atoms with Crippen LogP contribution in [-0.4, -0.2) is 25.7 Å². The Morgan fingerprint density at radius 1 is 1.04 bits per heavy atom. The smallest absolute Gasteiger partial charge is 0.255 e. The number of carbonyl (C=O) groups is 1. The molecule has 1 amide bonds. The summed E-state index contributed by atoms with van der Waals surface area (Å²) >= 11 is 0. The molecule has 2 aromatic heterocycles. The van der Waals surface area contributed by atoms with Crippen LogP contribution in [0.15, 0.2) is 60.7 Å². The van der Waals surface area contributed by atoms with Crippen molar-refractivity contribution in [3.63, 3.8) is 0 Å². The highest BCUT2D eigenvalue weighted by atomic mass is 19.1. The Labute approximate surface area is 148 Å². The lowest BCUT2D eigenvalue weighted by atomic mass is 10.1. The van der Waals surface area contributed by atoms with Crippen LogP contribution in [0.25, 0.3) is 16.9 Å². The second-order valence-electron chi connectivity index (χ2n) is 5.78. The molecule has 2 aromatic carbocycles. The largest absolute Gasteiger partial charge is 0.322 e. The molecule has 0 fully saturated rings. The maximum atomic E-state index is 13.3. The van der Waals surface area contributed by atoms with Crippen LogP contribution in [0.2, 0.25) is 0 Å². The van der Waals surface area contributed by atoms with Crippen LogP contribution in [0.3, 0.4) is 0 Å². The molecule has 26 heavy (non-hydrogen) atoms. The van der Waals surface area contributed by atoms with Crippen molar-refractivity contribution in [3.8, 4) is 11.3 Å². The molecule has 7 heteroatoms. The summed E-state index contributed by atoms with van der Waals surface area (Å²) in [4.78, 5) is 12.3. The van der Waals surface area contributed by atoms with Crippen LogP contribution in [0.5, 0.6) is 0 Å². The molecule has 128 valence electrons. The zero-order chi connectivity index (χ0) is 18.1. The molecule has 4 rings (SSSR count).